The molecular formula is C28H36N2O3. The molecule has 5 heteroatoms. The Morgan fingerprint density at radius 1 is 1.09 bits per heavy atom. The van der Waals surface area contributed by atoms with E-state index in [9.17, 15) is 4.79 Å². The minimum Gasteiger partial charge on any atom is -0.497 e. The summed E-state index contributed by atoms with van der Waals surface area (Å²) in [5, 5.41) is 3.31. The standard InChI is InChI=1S/C28H36N2O3/c1-4-28(5-2)17-22-15-21(20-7-6-8-23(16-20)32-3)9-10-24(22)26(28)29-27(31)33-25-18-30-13-11-19(25)12-14-30/h6-10,15-16,19,25-26H,4-5,11-14,17-18H2,1-3H3,(H,29,31)/t25-,26?/m1/s1. The maximum Gasteiger partial charge on any atom is 0.407 e. The molecule has 0 radical (unpaired) electrons. The van der Waals surface area contributed by atoms with Gasteiger partial charge in [0.25, 0.3) is 0 Å². The van der Waals surface area contributed by atoms with Crippen molar-refractivity contribution in [3.05, 3.63) is 53.6 Å². The average Bonchev–Trinajstić information content (AvgIpc) is 3.17. The van der Waals surface area contributed by atoms with Crippen LogP contribution in [0.5, 0.6) is 5.75 Å². The second kappa shape index (κ2) is 9.02. The number of alkyl carbamates (subject to hydrolysis) is 1. The lowest BCUT2D eigenvalue weighted by molar-refractivity contribution is -0.0353. The van der Waals surface area contributed by atoms with Crippen molar-refractivity contribution in [1.82, 2.24) is 10.2 Å². The Morgan fingerprint density at radius 2 is 1.85 bits per heavy atom. The number of carbonyl (C=O) groups excluding carboxylic acids is 1. The van der Waals surface area contributed by atoms with Crippen LogP contribution in [0.25, 0.3) is 11.1 Å². The molecular weight excluding hydrogens is 412 g/mol. The summed E-state index contributed by atoms with van der Waals surface area (Å²) in [6.45, 7) is 7.66. The van der Waals surface area contributed by atoms with E-state index in [-0.39, 0.29) is 23.7 Å². The van der Waals surface area contributed by atoms with E-state index in [2.05, 4.69) is 54.4 Å². The zero-order valence-electron chi connectivity index (χ0n) is 20.1. The number of benzene rings is 2. The number of methoxy groups -OCH3 is 1. The first kappa shape index (κ1) is 22.3. The molecule has 2 aromatic rings. The number of carbonyl (C=O) groups is 1. The molecule has 5 nitrogen and oxygen atoms in total. The zero-order chi connectivity index (χ0) is 23.0. The summed E-state index contributed by atoms with van der Waals surface area (Å²) in [5.41, 5.74) is 4.91. The van der Waals surface area contributed by atoms with Crippen LogP contribution in [0.2, 0.25) is 0 Å². The molecule has 3 fully saturated rings. The van der Waals surface area contributed by atoms with Crippen molar-refractivity contribution in [2.24, 2.45) is 11.3 Å². The van der Waals surface area contributed by atoms with Gasteiger partial charge in [0, 0.05) is 6.54 Å². The summed E-state index contributed by atoms with van der Waals surface area (Å²) < 4.78 is 11.4. The molecule has 3 heterocycles. The van der Waals surface area contributed by atoms with E-state index in [0.29, 0.717) is 5.92 Å². The molecule has 0 aromatic heterocycles. The van der Waals surface area contributed by atoms with E-state index >= 15 is 0 Å². The monoisotopic (exact) mass is 448 g/mol. The summed E-state index contributed by atoms with van der Waals surface area (Å²) >= 11 is 0. The fourth-order valence-corrected chi connectivity index (χ4v) is 6.31. The Morgan fingerprint density at radius 3 is 2.52 bits per heavy atom. The van der Waals surface area contributed by atoms with Gasteiger partial charge in [-0.25, -0.2) is 4.79 Å². The van der Waals surface area contributed by atoms with Crippen LogP contribution in [-0.2, 0) is 11.2 Å². The second-order valence-corrected chi connectivity index (χ2v) is 10.1. The first-order valence-corrected chi connectivity index (χ1v) is 12.5. The predicted molar refractivity (Wildman–Crippen MR) is 130 cm³/mol. The van der Waals surface area contributed by atoms with E-state index in [1.165, 1.54) is 16.7 Å². The van der Waals surface area contributed by atoms with Crippen LogP contribution in [0, 0.1) is 11.3 Å². The van der Waals surface area contributed by atoms with Crippen LogP contribution < -0.4 is 10.1 Å². The molecule has 1 aliphatic carbocycles. The van der Waals surface area contributed by atoms with Crippen molar-refractivity contribution in [1.29, 1.82) is 0 Å². The minimum absolute atomic E-state index is 0.0173. The maximum atomic E-state index is 13.1. The molecule has 4 aliphatic rings. The quantitative estimate of drug-likeness (QED) is 0.626. The highest BCUT2D eigenvalue weighted by Crippen LogP contribution is 2.51. The Hall–Kier alpha value is -2.53. The lowest BCUT2D eigenvalue weighted by atomic mass is 9.76. The van der Waals surface area contributed by atoms with Gasteiger partial charge in [-0.05, 0) is 90.9 Å². The van der Waals surface area contributed by atoms with Crippen LogP contribution in [0.4, 0.5) is 4.79 Å². The lowest BCUT2D eigenvalue weighted by Crippen LogP contribution is -2.53. The van der Waals surface area contributed by atoms with E-state index in [4.69, 9.17) is 9.47 Å². The molecule has 33 heavy (non-hydrogen) atoms. The van der Waals surface area contributed by atoms with Gasteiger partial charge in [0.2, 0.25) is 0 Å². The average molecular weight is 449 g/mol. The third-order valence-electron chi connectivity index (χ3n) is 8.54. The van der Waals surface area contributed by atoms with Gasteiger partial charge in [-0.3, -0.25) is 4.90 Å². The fourth-order valence-electron chi connectivity index (χ4n) is 6.31. The smallest absolute Gasteiger partial charge is 0.407 e. The van der Waals surface area contributed by atoms with E-state index < -0.39 is 0 Å². The summed E-state index contributed by atoms with van der Waals surface area (Å²) in [6.07, 6.45) is 5.06. The fraction of sp³-hybridized carbons (Fsp3) is 0.536. The number of hydrogen-bond donors (Lipinski definition) is 1. The molecule has 3 saturated heterocycles. The Balaban J connectivity index is 1.38. The molecule has 3 aliphatic heterocycles. The molecule has 2 bridgehead atoms. The van der Waals surface area contributed by atoms with Gasteiger partial charge in [-0.1, -0.05) is 44.2 Å². The highest BCUT2D eigenvalue weighted by atomic mass is 16.6. The van der Waals surface area contributed by atoms with Gasteiger partial charge < -0.3 is 14.8 Å². The van der Waals surface area contributed by atoms with E-state index in [1.54, 1.807) is 7.11 Å². The number of ether oxygens (including phenoxy) is 2. The number of amides is 1. The van der Waals surface area contributed by atoms with Gasteiger partial charge in [0.05, 0.1) is 13.2 Å². The zero-order valence-corrected chi connectivity index (χ0v) is 20.1. The van der Waals surface area contributed by atoms with Gasteiger partial charge in [-0.2, -0.15) is 0 Å². The maximum absolute atomic E-state index is 13.1. The molecule has 176 valence electrons. The summed E-state index contributed by atoms with van der Waals surface area (Å²) in [4.78, 5) is 15.5. The number of nitrogens with one attached hydrogen (secondary N) is 1. The lowest BCUT2D eigenvalue weighted by Gasteiger charge is -2.44. The van der Waals surface area contributed by atoms with Crippen LogP contribution >= 0.6 is 0 Å². The first-order chi connectivity index (χ1) is 16.0. The molecule has 0 saturated carbocycles. The number of piperidine rings is 3. The SMILES string of the molecule is CCC1(CC)Cc2cc(-c3cccc(OC)c3)ccc2C1NC(=O)O[C@@H]1CN2CCC1CC2. The van der Waals surface area contributed by atoms with E-state index in [0.717, 1.165) is 63.1 Å². The largest absolute Gasteiger partial charge is 0.497 e. The van der Waals surface area contributed by atoms with Gasteiger partial charge >= 0.3 is 6.09 Å². The first-order valence-electron chi connectivity index (χ1n) is 12.5. The Kier molecular flexibility index (Phi) is 6.09. The molecule has 1 amide bonds. The molecule has 2 atom stereocenters. The van der Waals surface area contributed by atoms with Crippen molar-refractivity contribution in [3.63, 3.8) is 0 Å². The highest BCUT2D eigenvalue weighted by Gasteiger charge is 2.45. The molecule has 1 N–H and O–H groups in total. The van der Waals surface area contributed by atoms with Gasteiger partial charge in [0.15, 0.2) is 0 Å². The normalized spacial score (nSPS) is 27.1. The predicted octanol–water partition coefficient (Wildman–Crippen LogP) is 5.59. The third-order valence-corrected chi connectivity index (χ3v) is 8.54. The van der Waals surface area contributed by atoms with Crippen molar-refractivity contribution in [3.8, 4) is 16.9 Å². The van der Waals surface area contributed by atoms with Crippen molar-refractivity contribution < 1.29 is 14.3 Å². The van der Waals surface area contributed by atoms with Gasteiger partial charge in [-0.15, -0.1) is 0 Å². The number of rotatable bonds is 6. The summed E-state index contributed by atoms with van der Waals surface area (Å²) in [5.74, 6) is 1.38. The topological polar surface area (TPSA) is 50.8 Å². The van der Waals surface area contributed by atoms with Gasteiger partial charge in [0.1, 0.15) is 11.9 Å². The molecule has 6 rings (SSSR count). The molecule has 2 aromatic carbocycles. The number of nitrogens with zero attached hydrogens (tertiary/aromatic N) is 1. The molecule has 1 unspecified atom stereocenters. The van der Waals surface area contributed by atoms with E-state index in [1.807, 2.05) is 12.1 Å². The number of hydrogen-bond acceptors (Lipinski definition) is 4. The summed E-state index contributed by atoms with van der Waals surface area (Å²) in [6, 6.07) is 14.8. The Bertz CT molecular complexity index is 1010. The van der Waals surface area contributed by atoms with Crippen LogP contribution in [0.3, 0.4) is 0 Å². The van der Waals surface area contributed by atoms with Crippen LogP contribution in [0.15, 0.2) is 42.5 Å². The highest BCUT2D eigenvalue weighted by molar-refractivity contribution is 5.70. The third kappa shape index (κ3) is 4.12. The van der Waals surface area contributed by atoms with Crippen molar-refractivity contribution in [2.45, 2.75) is 58.1 Å². The second-order valence-electron chi connectivity index (χ2n) is 10.1. The van der Waals surface area contributed by atoms with Crippen LogP contribution in [-0.4, -0.2) is 43.8 Å². The summed E-state index contributed by atoms with van der Waals surface area (Å²) in [7, 11) is 1.70. The van der Waals surface area contributed by atoms with Crippen LogP contribution in [0.1, 0.15) is 56.7 Å². The van der Waals surface area contributed by atoms with Crippen molar-refractivity contribution >= 4 is 6.09 Å². The molecule has 0 spiro atoms. The van der Waals surface area contributed by atoms with Crippen molar-refractivity contribution in [2.75, 3.05) is 26.7 Å². The number of fused-ring (bicyclic) bond motifs is 4. The minimum atomic E-state index is -0.255. The Labute approximate surface area is 197 Å².